The molecular formula is C22H24ClN3O2. The molecule has 4 fully saturated rings. The summed E-state index contributed by atoms with van der Waals surface area (Å²) in [5.74, 6) is 0.794. The first-order chi connectivity index (χ1) is 13.5. The number of piperidine rings is 2. The number of nitriles is 1. The topological polar surface area (TPSA) is 80.1 Å². The highest BCUT2D eigenvalue weighted by Gasteiger charge is 2.52. The number of fused-ring (bicyclic) bond motifs is 1. The van der Waals surface area contributed by atoms with Crippen LogP contribution in [-0.2, 0) is 4.79 Å². The molecule has 1 aromatic carbocycles. The number of benzene rings is 1. The van der Waals surface area contributed by atoms with Gasteiger partial charge in [0.2, 0.25) is 5.91 Å². The van der Waals surface area contributed by atoms with Crippen LogP contribution in [0.4, 0.5) is 0 Å². The summed E-state index contributed by atoms with van der Waals surface area (Å²) in [6.45, 7) is 2.01. The first kappa shape index (κ1) is 18.0. The summed E-state index contributed by atoms with van der Waals surface area (Å²) in [4.78, 5) is 18.5. The van der Waals surface area contributed by atoms with Crippen molar-refractivity contribution < 1.29 is 9.90 Å². The molecule has 4 bridgehead atoms. The minimum absolute atomic E-state index is 0.0985. The number of hydrogen-bond acceptors (Lipinski definition) is 3. The molecule has 146 valence electrons. The molecule has 3 heterocycles. The summed E-state index contributed by atoms with van der Waals surface area (Å²) < 4.78 is 0. The molecule has 1 unspecified atom stereocenters. The van der Waals surface area contributed by atoms with Crippen LogP contribution >= 0.6 is 11.6 Å². The number of aliphatic hydroxyl groups excluding tert-OH is 1. The zero-order valence-electron chi connectivity index (χ0n) is 15.9. The normalized spacial score (nSPS) is 31.9. The summed E-state index contributed by atoms with van der Waals surface area (Å²) in [5, 5.41) is 21.4. The Bertz CT molecular complexity index is 962. The smallest absolute Gasteiger partial charge is 0.223 e. The van der Waals surface area contributed by atoms with Crippen molar-refractivity contribution in [1.82, 2.24) is 9.88 Å². The highest BCUT2D eigenvalue weighted by Crippen LogP contribution is 2.49. The molecule has 2 saturated heterocycles. The van der Waals surface area contributed by atoms with Gasteiger partial charge in [0.1, 0.15) is 11.8 Å². The van der Waals surface area contributed by atoms with E-state index >= 15 is 0 Å². The van der Waals surface area contributed by atoms with Crippen molar-refractivity contribution in [3.63, 3.8) is 0 Å². The fourth-order valence-corrected chi connectivity index (χ4v) is 6.44. The average molecular weight is 398 g/mol. The SMILES string of the molecule is CC(CC(=O)N1C2CC3CC1CC(C2)C3O)c1c(C#N)[nH]c2cccc(Cl)c12. The summed E-state index contributed by atoms with van der Waals surface area (Å²) in [5.41, 5.74) is 2.17. The average Bonchev–Trinajstić information content (AvgIpc) is 3.05. The van der Waals surface area contributed by atoms with Gasteiger partial charge in [0.15, 0.2) is 0 Å². The molecule has 2 aromatic rings. The van der Waals surface area contributed by atoms with Gasteiger partial charge in [0, 0.05) is 35.0 Å². The Balaban J connectivity index is 1.41. The van der Waals surface area contributed by atoms with Crippen LogP contribution in [-0.4, -0.2) is 39.1 Å². The van der Waals surface area contributed by atoms with Gasteiger partial charge in [0.25, 0.3) is 0 Å². The van der Waals surface area contributed by atoms with E-state index in [2.05, 4.69) is 16.0 Å². The largest absolute Gasteiger partial charge is 0.393 e. The monoisotopic (exact) mass is 397 g/mol. The number of halogens is 1. The zero-order valence-corrected chi connectivity index (χ0v) is 16.6. The maximum Gasteiger partial charge on any atom is 0.223 e. The lowest BCUT2D eigenvalue weighted by atomic mass is 9.62. The number of nitrogens with zero attached hydrogens (tertiary/aromatic N) is 2. The maximum absolute atomic E-state index is 13.3. The van der Waals surface area contributed by atoms with Crippen molar-refractivity contribution >= 4 is 28.4 Å². The van der Waals surface area contributed by atoms with Crippen molar-refractivity contribution in [2.45, 2.75) is 63.1 Å². The van der Waals surface area contributed by atoms with E-state index in [0.717, 1.165) is 42.1 Å². The number of aromatic amines is 1. The fourth-order valence-electron chi connectivity index (χ4n) is 6.16. The Morgan fingerprint density at radius 2 is 1.96 bits per heavy atom. The molecule has 2 aliphatic carbocycles. The Hall–Kier alpha value is -2.03. The summed E-state index contributed by atoms with van der Waals surface area (Å²) in [7, 11) is 0. The Kier molecular flexibility index (Phi) is 4.19. The molecule has 4 aliphatic rings. The summed E-state index contributed by atoms with van der Waals surface area (Å²) in [6, 6.07) is 8.37. The molecule has 1 atom stereocenters. The van der Waals surface area contributed by atoms with Gasteiger partial charge in [-0.3, -0.25) is 4.79 Å². The summed E-state index contributed by atoms with van der Waals surface area (Å²) >= 11 is 6.43. The minimum atomic E-state index is -0.171. The minimum Gasteiger partial charge on any atom is -0.393 e. The highest BCUT2D eigenvalue weighted by molar-refractivity contribution is 6.35. The van der Waals surface area contributed by atoms with Crippen molar-refractivity contribution in [1.29, 1.82) is 5.26 Å². The van der Waals surface area contributed by atoms with Crippen LogP contribution in [0.1, 0.15) is 56.2 Å². The quantitative estimate of drug-likeness (QED) is 0.822. The number of hydrogen-bond donors (Lipinski definition) is 2. The van der Waals surface area contributed by atoms with Crippen molar-refractivity contribution in [3.05, 3.63) is 34.5 Å². The Labute approximate surface area is 169 Å². The highest BCUT2D eigenvalue weighted by atomic mass is 35.5. The lowest BCUT2D eigenvalue weighted by Crippen LogP contribution is -2.64. The molecule has 2 N–H and O–H groups in total. The molecule has 1 amide bonds. The van der Waals surface area contributed by atoms with Crippen LogP contribution in [0, 0.1) is 23.2 Å². The third-order valence-electron chi connectivity index (χ3n) is 7.24. The molecule has 2 saturated carbocycles. The van der Waals surface area contributed by atoms with Gasteiger partial charge in [-0.15, -0.1) is 0 Å². The van der Waals surface area contributed by atoms with Crippen LogP contribution in [0.15, 0.2) is 18.2 Å². The molecule has 5 nitrogen and oxygen atoms in total. The third kappa shape index (κ3) is 2.58. The van der Waals surface area contributed by atoms with Gasteiger partial charge in [-0.05, 0) is 55.6 Å². The van der Waals surface area contributed by atoms with Gasteiger partial charge in [-0.1, -0.05) is 24.6 Å². The van der Waals surface area contributed by atoms with Gasteiger partial charge in [0.05, 0.1) is 11.1 Å². The van der Waals surface area contributed by atoms with E-state index < -0.39 is 0 Å². The van der Waals surface area contributed by atoms with E-state index in [4.69, 9.17) is 11.6 Å². The molecule has 1 aromatic heterocycles. The van der Waals surface area contributed by atoms with Gasteiger partial charge < -0.3 is 15.0 Å². The molecule has 6 heteroatoms. The number of H-pyrrole nitrogens is 1. The predicted molar refractivity (Wildman–Crippen MR) is 107 cm³/mol. The van der Waals surface area contributed by atoms with E-state index in [1.807, 2.05) is 25.1 Å². The van der Waals surface area contributed by atoms with Gasteiger partial charge >= 0.3 is 0 Å². The molecule has 0 radical (unpaired) electrons. The zero-order chi connectivity index (χ0) is 19.6. The Morgan fingerprint density at radius 1 is 1.32 bits per heavy atom. The van der Waals surface area contributed by atoms with Crippen LogP contribution in [0.5, 0.6) is 0 Å². The first-order valence-electron chi connectivity index (χ1n) is 10.2. The molecule has 6 rings (SSSR count). The fraction of sp³-hybridized carbons (Fsp3) is 0.545. The lowest BCUT2D eigenvalue weighted by Gasteiger charge is -2.58. The van der Waals surface area contributed by atoms with Crippen LogP contribution in [0.25, 0.3) is 10.9 Å². The van der Waals surface area contributed by atoms with E-state index in [1.54, 1.807) is 0 Å². The number of amides is 1. The first-order valence-corrected chi connectivity index (χ1v) is 10.5. The number of rotatable bonds is 3. The molecule has 2 aliphatic heterocycles. The second kappa shape index (κ2) is 6.50. The Morgan fingerprint density at radius 3 is 2.57 bits per heavy atom. The van der Waals surface area contributed by atoms with Crippen LogP contribution < -0.4 is 0 Å². The van der Waals surface area contributed by atoms with Gasteiger partial charge in [-0.25, -0.2) is 0 Å². The van der Waals surface area contributed by atoms with Gasteiger partial charge in [-0.2, -0.15) is 5.26 Å². The number of aromatic nitrogens is 1. The predicted octanol–water partition coefficient (Wildman–Crippen LogP) is 3.95. The second-order valence-electron chi connectivity index (χ2n) is 8.86. The summed E-state index contributed by atoms with van der Waals surface area (Å²) in [6.07, 6.45) is 3.91. The second-order valence-corrected chi connectivity index (χ2v) is 9.26. The van der Waals surface area contributed by atoms with Crippen molar-refractivity contribution in [2.24, 2.45) is 11.8 Å². The van der Waals surface area contributed by atoms with Crippen molar-refractivity contribution in [2.75, 3.05) is 0 Å². The number of nitrogens with one attached hydrogen (secondary N) is 1. The number of carbonyl (C=O) groups excluding carboxylic acids is 1. The number of aliphatic hydroxyl groups is 1. The maximum atomic E-state index is 13.3. The van der Waals surface area contributed by atoms with Crippen LogP contribution in [0.3, 0.4) is 0 Å². The van der Waals surface area contributed by atoms with E-state index in [-0.39, 0.29) is 30.0 Å². The lowest BCUT2D eigenvalue weighted by molar-refractivity contribution is -0.163. The molecule has 0 spiro atoms. The van der Waals surface area contributed by atoms with E-state index in [1.165, 1.54) is 0 Å². The van der Waals surface area contributed by atoms with E-state index in [0.29, 0.717) is 29.0 Å². The van der Waals surface area contributed by atoms with Crippen LogP contribution in [0.2, 0.25) is 5.02 Å². The van der Waals surface area contributed by atoms with E-state index in [9.17, 15) is 15.2 Å². The third-order valence-corrected chi connectivity index (χ3v) is 7.55. The number of carbonyl (C=O) groups is 1. The van der Waals surface area contributed by atoms with Crippen molar-refractivity contribution in [3.8, 4) is 6.07 Å². The standard InChI is InChI=1S/C22H24ClN3O2/c1-11(20-18(10-24)25-17-4-2-3-16(23)21(17)20)5-19(27)26-14-6-12-7-15(26)9-13(8-14)22(12)28/h2-4,11-15,22,25,28H,5-9H2,1H3. The molecular weight excluding hydrogens is 374 g/mol. The molecule has 28 heavy (non-hydrogen) atoms.